The van der Waals surface area contributed by atoms with Crippen LogP contribution in [0.4, 0.5) is 8.78 Å². The van der Waals surface area contributed by atoms with E-state index in [1.54, 1.807) is 50.4 Å². The predicted molar refractivity (Wildman–Crippen MR) is 112 cm³/mol. The average molecular weight is 413 g/mol. The van der Waals surface area contributed by atoms with Crippen molar-refractivity contribution in [2.45, 2.75) is 24.9 Å². The molecule has 5 nitrogen and oxygen atoms in total. The molecule has 1 amide bonds. The van der Waals surface area contributed by atoms with E-state index < -0.39 is 12.1 Å². The van der Waals surface area contributed by atoms with Gasteiger partial charge in [0.25, 0.3) is 0 Å². The third-order valence-electron chi connectivity index (χ3n) is 5.41. The Labute approximate surface area is 174 Å². The smallest absolute Gasteiger partial charge is 0.240 e. The van der Waals surface area contributed by atoms with Gasteiger partial charge in [-0.15, -0.1) is 0 Å². The molecule has 1 N–H and O–H groups in total. The fourth-order valence-corrected chi connectivity index (χ4v) is 3.56. The second-order valence-electron chi connectivity index (χ2n) is 7.67. The summed E-state index contributed by atoms with van der Waals surface area (Å²) in [6.45, 7) is 0. The summed E-state index contributed by atoms with van der Waals surface area (Å²) in [4.78, 5) is 31.3. The third kappa shape index (κ3) is 4.74. The van der Waals surface area contributed by atoms with Gasteiger partial charge < -0.3 is 14.7 Å². The van der Waals surface area contributed by atoms with E-state index >= 15 is 0 Å². The summed E-state index contributed by atoms with van der Waals surface area (Å²) >= 11 is 0. The van der Waals surface area contributed by atoms with Crippen molar-refractivity contribution in [2.24, 2.45) is 0 Å². The highest BCUT2D eigenvalue weighted by Gasteiger charge is 2.29. The van der Waals surface area contributed by atoms with E-state index in [4.69, 9.17) is 0 Å². The van der Waals surface area contributed by atoms with Crippen LogP contribution in [0.25, 0.3) is 10.9 Å². The molecule has 0 spiro atoms. The van der Waals surface area contributed by atoms with Crippen LogP contribution in [0.5, 0.6) is 0 Å². The van der Waals surface area contributed by atoms with Crippen molar-refractivity contribution in [3.63, 3.8) is 0 Å². The van der Waals surface area contributed by atoms with Crippen LogP contribution in [0, 0.1) is 11.6 Å². The van der Waals surface area contributed by atoms with Crippen molar-refractivity contribution in [3.05, 3.63) is 71.4 Å². The van der Waals surface area contributed by atoms with Gasteiger partial charge in [0.05, 0.1) is 12.1 Å². The minimum Gasteiger partial charge on any atom is -0.361 e. The van der Waals surface area contributed by atoms with Gasteiger partial charge in [0, 0.05) is 24.1 Å². The maximum Gasteiger partial charge on any atom is 0.240 e. The maximum absolute atomic E-state index is 13.7. The molecule has 158 valence electrons. The molecular weight excluding hydrogens is 388 g/mol. The van der Waals surface area contributed by atoms with Gasteiger partial charge in [0.2, 0.25) is 5.91 Å². The van der Waals surface area contributed by atoms with Gasteiger partial charge in [-0.05, 0) is 68.4 Å². The molecule has 30 heavy (non-hydrogen) atoms. The van der Waals surface area contributed by atoms with Gasteiger partial charge in [-0.25, -0.2) is 8.78 Å². The molecule has 0 bridgehead atoms. The van der Waals surface area contributed by atoms with Gasteiger partial charge in [-0.3, -0.25) is 9.69 Å². The summed E-state index contributed by atoms with van der Waals surface area (Å²) in [6, 6.07) is 9.16. The van der Waals surface area contributed by atoms with Gasteiger partial charge in [0.1, 0.15) is 17.9 Å². The average Bonchev–Trinajstić information content (AvgIpc) is 3.12. The molecule has 1 aromatic heterocycles. The van der Waals surface area contributed by atoms with Gasteiger partial charge in [0.15, 0.2) is 0 Å². The topological polar surface area (TPSA) is 56.4 Å². The number of carbonyl (C=O) groups is 2. The lowest BCUT2D eigenvalue weighted by Gasteiger charge is -2.31. The number of aldehydes is 1. The van der Waals surface area contributed by atoms with E-state index in [-0.39, 0.29) is 17.5 Å². The Morgan fingerprint density at radius 3 is 2.33 bits per heavy atom. The third-order valence-corrected chi connectivity index (χ3v) is 5.41. The highest BCUT2D eigenvalue weighted by Crippen LogP contribution is 2.22. The number of rotatable bonds is 8. The number of H-pyrrole nitrogens is 1. The first kappa shape index (κ1) is 21.6. The van der Waals surface area contributed by atoms with Crippen molar-refractivity contribution in [2.75, 3.05) is 21.1 Å². The fraction of sp³-hybridized carbons (Fsp3) is 0.304. The molecular formula is C23H25F2N3O2. The SMILES string of the molecule is CN(C)C(Cc1c[nH]c2ccc(F)cc12)C(=O)N(C)C(C=O)Cc1ccc(F)cc1. The van der Waals surface area contributed by atoms with Crippen LogP contribution >= 0.6 is 0 Å². The van der Waals surface area contributed by atoms with Crippen LogP contribution in [0.3, 0.4) is 0 Å². The number of aromatic nitrogens is 1. The largest absolute Gasteiger partial charge is 0.361 e. The lowest BCUT2D eigenvalue weighted by atomic mass is 10.0. The Kier molecular flexibility index (Phi) is 6.62. The first-order valence-corrected chi connectivity index (χ1v) is 9.68. The number of likely N-dealkylation sites (N-methyl/N-ethyl adjacent to an activating group) is 2. The summed E-state index contributed by atoms with van der Waals surface area (Å²) in [5.74, 6) is -0.910. The molecule has 7 heteroatoms. The van der Waals surface area contributed by atoms with Crippen molar-refractivity contribution in [3.8, 4) is 0 Å². The van der Waals surface area contributed by atoms with E-state index in [0.717, 1.165) is 28.3 Å². The number of aromatic amines is 1. The summed E-state index contributed by atoms with van der Waals surface area (Å²) in [6.07, 6.45) is 3.17. The number of nitrogens with one attached hydrogen (secondary N) is 1. The number of amides is 1. The van der Waals surface area contributed by atoms with Crippen LogP contribution < -0.4 is 0 Å². The second kappa shape index (κ2) is 9.17. The highest BCUT2D eigenvalue weighted by molar-refractivity contribution is 5.87. The molecule has 3 aromatic rings. The first-order chi connectivity index (χ1) is 14.3. The van der Waals surface area contributed by atoms with Crippen LogP contribution in [0.2, 0.25) is 0 Å². The van der Waals surface area contributed by atoms with Gasteiger partial charge in [-0.2, -0.15) is 0 Å². The number of benzene rings is 2. The molecule has 0 fully saturated rings. The molecule has 3 rings (SSSR count). The Balaban J connectivity index is 1.80. The molecule has 0 radical (unpaired) electrons. The molecule has 1 heterocycles. The zero-order chi connectivity index (χ0) is 21.8. The monoisotopic (exact) mass is 413 g/mol. The number of fused-ring (bicyclic) bond motifs is 1. The normalized spacial score (nSPS) is 13.4. The molecule has 0 saturated carbocycles. The molecule has 2 unspecified atom stereocenters. The van der Waals surface area contributed by atoms with Gasteiger partial charge in [-0.1, -0.05) is 12.1 Å². The Bertz CT molecular complexity index is 1030. The molecule has 0 aliphatic carbocycles. The summed E-state index contributed by atoms with van der Waals surface area (Å²) in [5.41, 5.74) is 2.39. The van der Waals surface area contributed by atoms with Crippen LogP contribution in [0.15, 0.2) is 48.7 Å². The lowest BCUT2D eigenvalue weighted by Crippen LogP contribution is -2.50. The zero-order valence-electron chi connectivity index (χ0n) is 17.2. The number of nitrogens with zero attached hydrogens (tertiary/aromatic N) is 2. The summed E-state index contributed by atoms with van der Waals surface area (Å²) < 4.78 is 26.8. The first-order valence-electron chi connectivity index (χ1n) is 9.68. The van der Waals surface area contributed by atoms with E-state index in [0.29, 0.717) is 12.8 Å². The van der Waals surface area contributed by atoms with Crippen molar-refractivity contribution in [1.82, 2.24) is 14.8 Å². The zero-order valence-corrected chi connectivity index (χ0v) is 17.2. The van der Waals surface area contributed by atoms with Crippen LogP contribution in [0.1, 0.15) is 11.1 Å². The Morgan fingerprint density at radius 1 is 1.03 bits per heavy atom. The molecule has 2 atom stereocenters. The van der Waals surface area contributed by atoms with E-state index in [1.807, 2.05) is 0 Å². The van der Waals surface area contributed by atoms with Gasteiger partial charge >= 0.3 is 0 Å². The standard InChI is InChI=1S/C23H25F2N3O2/c1-27(2)22(11-16-13-26-21-9-8-18(25)12-20(16)21)23(30)28(3)19(14-29)10-15-4-6-17(24)7-5-15/h4-9,12-14,19,22,26H,10-11H2,1-3H3. The van der Waals surface area contributed by atoms with Crippen LogP contribution in [-0.4, -0.2) is 60.2 Å². The number of hydrogen-bond acceptors (Lipinski definition) is 3. The van der Waals surface area contributed by atoms with Crippen molar-refractivity contribution in [1.29, 1.82) is 0 Å². The summed E-state index contributed by atoms with van der Waals surface area (Å²) in [5, 5.41) is 0.732. The number of hydrogen-bond donors (Lipinski definition) is 1. The Morgan fingerprint density at radius 2 is 1.70 bits per heavy atom. The quantitative estimate of drug-likeness (QED) is 0.577. The molecule has 0 saturated heterocycles. The van der Waals surface area contributed by atoms with E-state index in [2.05, 4.69) is 4.98 Å². The minimum atomic E-state index is -0.675. The van der Waals surface area contributed by atoms with E-state index in [1.165, 1.54) is 29.2 Å². The van der Waals surface area contributed by atoms with Crippen molar-refractivity contribution < 1.29 is 18.4 Å². The number of carbonyl (C=O) groups excluding carboxylic acids is 2. The number of halogens is 2. The summed E-state index contributed by atoms with van der Waals surface area (Å²) in [7, 11) is 5.18. The van der Waals surface area contributed by atoms with Crippen LogP contribution in [-0.2, 0) is 22.4 Å². The molecule has 2 aromatic carbocycles. The van der Waals surface area contributed by atoms with Crippen molar-refractivity contribution >= 4 is 23.1 Å². The molecule has 0 aliphatic heterocycles. The predicted octanol–water partition coefficient (Wildman–Crippen LogP) is 3.19. The highest BCUT2D eigenvalue weighted by atomic mass is 19.1. The second-order valence-corrected chi connectivity index (χ2v) is 7.67. The Hall–Kier alpha value is -3.06. The molecule has 0 aliphatic rings. The minimum absolute atomic E-state index is 0.218. The van der Waals surface area contributed by atoms with E-state index in [9.17, 15) is 18.4 Å². The maximum atomic E-state index is 13.7. The fourth-order valence-electron chi connectivity index (χ4n) is 3.56. The lowest BCUT2D eigenvalue weighted by molar-refractivity contribution is -0.139.